The van der Waals surface area contributed by atoms with Crippen LogP contribution < -0.4 is 11.1 Å². The Labute approximate surface area is 126 Å². The summed E-state index contributed by atoms with van der Waals surface area (Å²) in [6.45, 7) is 3.18. The summed E-state index contributed by atoms with van der Waals surface area (Å²) in [5.74, 6) is -0.0777. The van der Waals surface area contributed by atoms with E-state index in [9.17, 15) is 4.79 Å². The van der Waals surface area contributed by atoms with E-state index in [1.165, 1.54) is 10.8 Å². The molecule has 0 saturated heterocycles. The van der Waals surface area contributed by atoms with Crippen molar-refractivity contribution < 1.29 is 4.79 Å². The lowest BCUT2D eigenvalue weighted by Crippen LogP contribution is -2.29. The van der Waals surface area contributed by atoms with Crippen LogP contribution in [-0.4, -0.2) is 19.0 Å². The van der Waals surface area contributed by atoms with Gasteiger partial charge in [0.15, 0.2) is 0 Å². The quantitative estimate of drug-likeness (QED) is 0.833. The number of carbonyl (C=O) groups excluding carboxylic acids is 1. The molecule has 0 radical (unpaired) electrons. The van der Waals surface area contributed by atoms with Crippen LogP contribution in [0.2, 0.25) is 0 Å². The molecule has 3 nitrogen and oxygen atoms in total. The fourth-order valence-electron chi connectivity index (χ4n) is 2.10. The molecule has 0 aliphatic rings. The Hall–Kier alpha value is -1.58. The first kappa shape index (κ1) is 16.5. The van der Waals surface area contributed by atoms with Crippen molar-refractivity contribution in [3.63, 3.8) is 0 Å². The van der Waals surface area contributed by atoms with Crippen LogP contribution in [0, 0.1) is 0 Å². The van der Waals surface area contributed by atoms with E-state index in [-0.39, 0.29) is 24.2 Å². The molecule has 108 valence electrons. The second-order valence-electron chi connectivity index (χ2n) is 4.76. The normalized spacial score (nSPS) is 11.7. The van der Waals surface area contributed by atoms with E-state index in [1.807, 2.05) is 25.1 Å². The first-order valence-electron chi connectivity index (χ1n) is 6.69. The number of amides is 1. The first-order valence-corrected chi connectivity index (χ1v) is 6.69. The number of hydrogen-bond donors (Lipinski definition) is 2. The van der Waals surface area contributed by atoms with Crippen LogP contribution in [0.25, 0.3) is 10.8 Å². The molecule has 0 fully saturated rings. The zero-order valence-electron chi connectivity index (χ0n) is 11.6. The lowest BCUT2D eigenvalue weighted by Gasteiger charge is -2.13. The van der Waals surface area contributed by atoms with Crippen molar-refractivity contribution in [2.24, 2.45) is 5.73 Å². The first-order chi connectivity index (χ1) is 9.22. The maximum absolute atomic E-state index is 12.0. The molecule has 0 aliphatic carbocycles. The van der Waals surface area contributed by atoms with Gasteiger partial charge in [-0.15, -0.1) is 12.4 Å². The molecule has 1 atom stereocenters. The summed E-state index contributed by atoms with van der Waals surface area (Å²) in [5, 5.41) is 5.28. The van der Waals surface area contributed by atoms with Gasteiger partial charge in [0.25, 0.3) is 0 Å². The van der Waals surface area contributed by atoms with Crippen LogP contribution in [0.3, 0.4) is 0 Å². The molecule has 0 aromatic heterocycles. The van der Waals surface area contributed by atoms with Gasteiger partial charge in [0.2, 0.25) is 5.91 Å². The van der Waals surface area contributed by atoms with Crippen molar-refractivity contribution in [2.75, 3.05) is 13.1 Å². The minimum absolute atomic E-state index is 0. The molecular formula is C16H21ClN2O. The van der Waals surface area contributed by atoms with E-state index in [0.717, 1.165) is 12.0 Å². The number of nitrogens with two attached hydrogens (primary N) is 1. The number of fused-ring (bicyclic) bond motifs is 1. The van der Waals surface area contributed by atoms with E-state index in [2.05, 4.69) is 29.6 Å². The van der Waals surface area contributed by atoms with Gasteiger partial charge in [0.1, 0.15) is 0 Å². The second kappa shape index (κ2) is 7.88. The molecule has 1 unspecified atom stereocenters. The fourth-order valence-corrected chi connectivity index (χ4v) is 2.10. The minimum Gasteiger partial charge on any atom is -0.356 e. The van der Waals surface area contributed by atoms with Crippen LogP contribution in [0.4, 0.5) is 0 Å². The summed E-state index contributed by atoms with van der Waals surface area (Å²) in [5.41, 5.74) is 6.46. The molecule has 0 saturated carbocycles. The van der Waals surface area contributed by atoms with Gasteiger partial charge in [0.05, 0.1) is 5.92 Å². The highest BCUT2D eigenvalue weighted by Gasteiger charge is 2.14. The standard InChI is InChI=1S/C16H20N2O.ClH/c1-12(16(19)18-10-4-9-17)14-8-7-13-5-2-3-6-15(13)11-14;/h2-3,5-8,11-12H,4,9-10,17H2,1H3,(H,18,19);1H. The lowest BCUT2D eigenvalue weighted by molar-refractivity contribution is -0.122. The molecule has 2 rings (SSSR count). The monoisotopic (exact) mass is 292 g/mol. The van der Waals surface area contributed by atoms with Crippen molar-refractivity contribution in [3.8, 4) is 0 Å². The van der Waals surface area contributed by atoms with Gasteiger partial charge >= 0.3 is 0 Å². The molecule has 4 heteroatoms. The third-order valence-electron chi connectivity index (χ3n) is 3.35. The summed E-state index contributed by atoms with van der Waals surface area (Å²) in [7, 11) is 0. The summed E-state index contributed by atoms with van der Waals surface area (Å²) in [4.78, 5) is 12.0. The number of rotatable bonds is 5. The van der Waals surface area contributed by atoms with Crippen molar-refractivity contribution in [3.05, 3.63) is 48.0 Å². The summed E-state index contributed by atoms with van der Waals surface area (Å²) >= 11 is 0. The van der Waals surface area contributed by atoms with Crippen LogP contribution in [0.1, 0.15) is 24.8 Å². The highest BCUT2D eigenvalue weighted by atomic mass is 35.5. The summed E-state index contributed by atoms with van der Waals surface area (Å²) in [6.07, 6.45) is 0.816. The molecule has 0 bridgehead atoms. The van der Waals surface area contributed by atoms with Crippen molar-refractivity contribution in [1.29, 1.82) is 0 Å². The molecular weight excluding hydrogens is 272 g/mol. The Bertz CT molecular complexity index is 571. The SMILES string of the molecule is CC(C(=O)NCCCN)c1ccc2ccccc2c1.Cl. The van der Waals surface area contributed by atoms with Crippen LogP contribution in [0.15, 0.2) is 42.5 Å². The van der Waals surface area contributed by atoms with Gasteiger partial charge in [-0.2, -0.15) is 0 Å². The third kappa shape index (κ3) is 3.95. The summed E-state index contributed by atoms with van der Waals surface area (Å²) < 4.78 is 0. The minimum atomic E-state index is -0.137. The smallest absolute Gasteiger partial charge is 0.227 e. The topological polar surface area (TPSA) is 55.1 Å². The molecule has 2 aromatic carbocycles. The average molecular weight is 293 g/mol. The Morgan fingerprint density at radius 1 is 1.20 bits per heavy atom. The number of benzene rings is 2. The largest absolute Gasteiger partial charge is 0.356 e. The maximum atomic E-state index is 12.0. The zero-order valence-corrected chi connectivity index (χ0v) is 12.5. The molecule has 1 amide bonds. The summed E-state index contributed by atoms with van der Waals surface area (Å²) in [6, 6.07) is 14.3. The van der Waals surface area contributed by atoms with E-state index in [1.54, 1.807) is 0 Å². The highest BCUT2D eigenvalue weighted by Crippen LogP contribution is 2.21. The molecule has 0 spiro atoms. The van der Waals surface area contributed by atoms with Crippen molar-refractivity contribution >= 4 is 29.1 Å². The zero-order chi connectivity index (χ0) is 13.7. The molecule has 0 aliphatic heterocycles. The molecule has 2 aromatic rings. The van der Waals surface area contributed by atoms with Gasteiger partial charge in [0, 0.05) is 6.54 Å². The van der Waals surface area contributed by atoms with Crippen LogP contribution in [-0.2, 0) is 4.79 Å². The van der Waals surface area contributed by atoms with E-state index in [4.69, 9.17) is 5.73 Å². The predicted octanol–water partition coefficient (Wildman–Crippen LogP) is 2.83. The van der Waals surface area contributed by atoms with Gasteiger partial charge in [-0.25, -0.2) is 0 Å². The van der Waals surface area contributed by atoms with Gasteiger partial charge in [-0.1, -0.05) is 42.5 Å². The van der Waals surface area contributed by atoms with Gasteiger partial charge in [-0.3, -0.25) is 4.79 Å². The molecule has 0 heterocycles. The van der Waals surface area contributed by atoms with Crippen LogP contribution >= 0.6 is 12.4 Å². The van der Waals surface area contributed by atoms with Crippen molar-refractivity contribution in [1.82, 2.24) is 5.32 Å². The number of carbonyl (C=O) groups is 1. The Kier molecular flexibility index (Phi) is 6.49. The van der Waals surface area contributed by atoms with Gasteiger partial charge < -0.3 is 11.1 Å². The Balaban J connectivity index is 0.00000200. The van der Waals surface area contributed by atoms with E-state index < -0.39 is 0 Å². The molecule has 3 N–H and O–H groups in total. The van der Waals surface area contributed by atoms with Crippen LogP contribution in [0.5, 0.6) is 0 Å². The fraction of sp³-hybridized carbons (Fsp3) is 0.312. The Morgan fingerprint density at radius 3 is 2.60 bits per heavy atom. The van der Waals surface area contributed by atoms with Crippen molar-refractivity contribution in [2.45, 2.75) is 19.3 Å². The maximum Gasteiger partial charge on any atom is 0.227 e. The molecule has 20 heavy (non-hydrogen) atoms. The third-order valence-corrected chi connectivity index (χ3v) is 3.35. The lowest BCUT2D eigenvalue weighted by atomic mass is 9.97. The number of nitrogens with one attached hydrogen (secondary N) is 1. The predicted molar refractivity (Wildman–Crippen MR) is 86.3 cm³/mol. The number of hydrogen-bond acceptors (Lipinski definition) is 2. The van der Waals surface area contributed by atoms with E-state index >= 15 is 0 Å². The number of halogens is 1. The average Bonchev–Trinajstić information content (AvgIpc) is 2.46. The highest BCUT2D eigenvalue weighted by molar-refractivity contribution is 5.87. The van der Waals surface area contributed by atoms with E-state index in [0.29, 0.717) is 13.1 Å². The Morgan fingerprint density at radius 2 is 1.90 bits per heavy atom. The van der Waals surface area contributed by atoms with Gasteiger partial charge in [-0.05, 0) is 36.2 Å². The second-order valence-corrected chi connectivity index (χ2v) is 4.76.